The molecule has 0 amide bonds. The zero-order chi connectivity index (χ0) is 21.3. The van der Waals surface area contributed by atoms with Crippen LogP contribution in [0.1, 0.15) is 35.6 Å². The van der Waals surface area contributed by atoms with Gasteiger partial charge in [-0.2, -0.15) is 13.2 Å². The topological polar surface area (TPSA) is 40.5 Å². The first-order valence-corrected chi connectivity index (χ1v) is 9.95. The fraction of sp³-hybridized carbons (Fsp3) is 0.292. The fourth-order valence-electron chi connectivity index (χ4n) is 4.25. The lowest BCUT2D eigenvalue weighted by Gasteiger charge is -2.37. The number of hydrogen-bond acceptors (Lipinski definition) is 2. The number of hydrogen-bond donors (Lipinski definition) is 1. The van der Waals surface area contributed by atoms with Crippen molar-refractivity contribution in [1.29, 1.82) is 0 Å². The van der Waals surface area contributed by atoms with Crippen LogP contribution < -0.4 is 0 Å². The number of carbonyl (C=O) groups is 1. The van der Waals surface area contributed by atoms with Gasteiger partial charge in [0.1, 0.15) is 0 Å². The zero-order valence-corrected chi connectivity index (χ0v) is 16.3. The number of carboxylic acids is 1. The van der Waals surface area contributed by atoms with E-state index >= 15 is 0 Å². The van der Waals surface area contributed by atoms with E-state index in [1.165, 1.54) is 12.1 Å². The van der Waals surface area contributed by atoms with Gasteiger partial charge in [0.15, 0.2) is 0 Å². The number of halogens is 3. The van der Waals surface area contributed by atoms with Crippen molar-refractivity contribution in [3.05, 3.63) is 83.4 Å². The third-order valence-corrected chi connectivity index (χ3v) is 5.89. The summed E-state index contributed by atoms with van der Waals surface area (Å²) in [5.74, 6) is -1.16. The predicted octanol–water partition coefficient (Wildman–Crippen LogP) is 5.74. The van der Waals surface area contributed by atoms with Crippen molar-refractivity contribution in [3.8, 4) is 0 Å². The normalized spacial score (nSPS) is 17.2. The number of fused-ring (bicyclic) bond motifs is 1. The Balaban J connectivity index is 1.71. The standard InChI is InChI=1S/C24H22F3NO2/c25-24(26,27)21-9-7-17(8-10-21)22(28-13-11-18(12-14-28)23(29)30)20-6-5-16-3-1-2-4-19(16)15-20/h1-10,15,18,22H,11-14H2,(H,29,30). The highest BCUT2D eigenvalue weighted by atomic mass is 19.4. The lowest BCUT2D eigenvalue weighted by atomic mass is 9.90. The van der Waals surface area contributed by atoms with Gasteiger partial charge < -0.3 is 5.11 Å². The molecule has 1 fully saturated rings. The Labute approximate surface area is 172 Å². The molecule has 0 radical (unpaired) electrons. The number of likely N-dealkylation sites (tertiary alicyclic amines) is 1. The van der Waals surface area contributed by atoms with E-state index in [2.05, 4.69) is 11.0 Å². The molecule has 6 heteroatoms. The molecular weight excluding hydrogens is 391 g/mol. The molecule has 1 atom stereocenters. The van der Waals surface area contributed by atoms with E-state index in [-0.39, 0.29) is 12.0 Å². The Morgan fingerprint density at radius 2 is 1.50 bits per heavy atom. The van der Waals surface area contributed by atoms with Gasteiger partial charge in [-0.1, -0.05) is 48.5 Å². The largest absolute Gasteiger partial charge is 0.481 e. The minimum Gasteiger partial charge on any atom is -0.481 e. The highest BCUT2D eigenvalue weighted by Crippen LogP contribution is 2.36. The molecule has 30 heavy (non-hydrogen) atoms. The van der Waals surface area contributed by atoms with E-state index in [9.17, 15) is 23.1 Å². The number of aliphatic carboxylic acids is 1. The van der Waals surface area contributed by atoms with E-state index in [1.807, 2.05) is 36.4 Å². The van der Waals surface area contributed by atoms with Crippen LogP contribution in [0, 0.1) is 5.92 Å². The number of carboxylic acid groups (broad SMARTS) is 1. The number of rotatable bonds is 4. The molecule has 0 spiro atoms. The first-order chi connectivity index (χ1) is 14.3. The molecule has 156 valence electrons. The van der Waals surface area contributed by atoms with Gasteiger partial charge in [-0.3, -0.25) is 9.69 Å². The monoisotopic (exact) mass is 413 g/mol. The Morgan fingerprint density at radius 1 is 0.900 bits per heavy atom. The van der Waals surface area contributed by atoms with Crippen LogP contribution in [0.4, 0.5) is 13.2 Å². The molecule has 1 aliphatic heterocycles. The summed E-state index contributed by atoms with van der Waals surface area (Å²) in [7, 11) is 0. The summed E-state index contributed by atoms with van der Waals surface area (Å²) in [6, 6.07) is 19.1. The van der Waals surface area contributed by atoms with Crippen molar-refractivity contribution in [2.45, 2.75) is 25.1 Å². The maximum atomic E-state index is 13.0. The molecular formula is C24H22F3NO2. The van der Waals surface area contributed by atoms with Gasteiger partial charge in [-0.05, 0) is 66.0 Å². The lowest BCUT2D eigenvalue weighted by molar-refractivity contribution is -0.143. The summed E-state index contributed by atoms with van der Waals surface area (Å²) >= 11 is 0. The van der Waals surface area contributed by atoms with Crippen molar-refractivity contribution in [1.82, 2.24) is 4.90 Å². The van der Waals surface area contributed by atoms with E-state index in [4.69, 9.17) is 0 Å². The van der Waals surface area contributed by atoms with E-state index in [1.54, 1.807) is 0 Å². The molecule has 0 bridgehead atoms. The summed E-state index contributed by atoms with van der Waals surface area (Å²) in [5.41, 5.74) is 1.09. The first kappa shape index (κ1) is 20.4. The molecule has 1 N–H and O–H groups in total. The average Bonchev–Trinajstić information content (AvgIpc) is 2.74. The van der Waals surface area contributed by atoms with Crippen LogP contribution in [-0.4, -0.2) is 29.1 Å². The molecule has 3 nitrogen and oxygen atoms in total. The Hall–Kier alpha value is -2.86. The van der Waals surface area contributed by atoms with Crippen LogP contribution in [0.5, 0.6) is 0 Å². The number of benzene rings is 3. The molecule has 3 aromatic rings. The number of nitrogens with zero attached hydrogens (tertiary/aromatic N) is 1. The van der Waals surface area contributed by atoms with Crippen LogP contribution in [0.25, 0.3) is 10.8 Å². The molecule has 4 rings (SSSR count). The second-order valence-electron chi connectivity index (χ2n) is 7.78. The molecule has 3 aromatic carbocycles. The maximum absolute atomic E-state index is 13.0. The summed E-state index contributed by atoms with van der Waals surface area (Å²) in [6.45, 7) is 1.16. The quantitative estimate of drug-likeness (QED) is 0.593. The SMILES string of the molecule is O=C(O)C1CCN(C(c2ccc(C(F)(F)F)cc2)c2ccc3ccccc3c2)CC1. The third-order valence-electron chi connectivity index (χ3n) is 5.89. The fourth-order valence-corrected chi connectivity index (χ4v) is 4.25. The summed E-state index contributed by atoms with van der Waals surface area (Å²) in [6.07, 6.45) is -3.32. The highest BCUT2D eigenvalue weighted by molar-refractivity contribution is 5.83. The van der Waals surface area contributed by atoms with Crippen molar-refractivity contribution < 1.29 is 23.1 Å². The van der Waals surface area contributed by atoms with E-state index < -0.39 is 17.7 Å². The van der Waals surface area contributed by atoms with Gasteiger partial charge in [-0.15, -0.1) is 0 Å². The smallest absolute Gasteiger partial charge is 0.416 e. The Kier molecular flexibility index (Phi) is 5.52. The number of piperidine rings is 1. The van der Waals surface area contributed by atoms with Gasteiger partial charge in [0.25, 0.3) is 0 Å². The Bertz CT molecular complexity index is 1040. The molecule has 0 saturated carbocycles. The lowest BCUT2D eigenvalue weighted by Crippen LogP contribution is -2.39. The van der Waals surface area contributed by atoms with Crippen LogP contribution in [0.2, 0.25) is 0 Å². The second kappa shape index (κ2) is 8.11. The van der Waals surface area contributed by atoms with Crippen molar-refractivity contribution in [3.63, 3.8) is 0 Å². The molecule has 0 aliphatic carbocycles. The van der Waals surface area contributed by atoms with E-state index in [0.29, 0.717) is 25.9 Å². The predicted molar refractivity (Wildman–Crippen MR) is 109 cm³/mol. The third kappa shape index (κ3) is 4.19. The second-order valence-corrected chi connectivity index (χ2v) is 7.78. The zero-order valence-electron chi connectivity index (χ0n) is 16.3. The van der Waals surface area contributed by atoms with Crippen LogP contribution in [0.3, 0.4) is 0 Å². The summed E-state index contributed by atoms with van der Waals surface area (Å²) < 4.78 is 39.1. The van der Waals surface area contributed by atoms with Crippen molar-refractivity contribution in [2.75, 3.05) is 13.1 Å². The van der Waals surface area contributed by atoms with Crippen LogP contribution >= 0.6 is 0 Å². The number of alkyl halides is 3. The minimum absolute atomic E-state index is 0.230. The molecule has 1 saturated heterocycles. The average molecular weight is 413 g/mol. The van der Waals surface area contributed by atoms with Gasteiger partial charge in [0.05, 0.1) is 17.5 Å². The van der Waals surface area contributed by atoms with Crippen LogP contribution in [-0.2, 0) is 11.0 Å². The van der Waals surface area contributed by atoms with Gasteiger partial charge in [0, 0.05) is 0 Å². The summed E-state index contributed by atoms with van der Waals surface area (Å²) in [4.78, 5) is 13.5. The molecule has 1 unspecified atom stereocenters. The van der Waals surface area contributed by atoms with Crippen molar-refractivity contribution >= 4 is 16.7 Å². The van der Waals surface area contributed by atoms with Gasteiger partial charge in [-0.25, -0.2) is 0 Å². The van der Waals surface area contributed by atoms with Gasteiger partial charge >= 0.3 is 12.1 Å². The van der Waals surface area contributed by atoms with E-state index in [0.717, 1.165) is 34.0 Å². The highest BCUT2D eigenvalue weighted by Gasteiger charge is 2.32. The molecule has 1 heterocycles. The molecule has 1 aliphatic rings. The Morgan fingerprint density at radius 3 is 2.10 bits per heavy atom. The van der Waals surface area contributed by atoms with Crippen LogP contribution in [0.15, 0.2) is 66.7 Å². The molecule has 0 aromatic heterocycles. The van der Waals surface area contributed by atoms with Gasteiger partial charge in [0.2, 0.25) is 0 Å². The first-order valence-electron chi connectivity index (χ1n) is 9.95. The summed E-state index contributed by atoms with van der Waals surface area (Å²) in [5, 5.41) is 11.5. The minimum atomic E-state index is -4.38. The van der Waals surface area contributed by atoms with Crippen molar-refractivity contribution in [2.24, 2.45) is 5.92 Å². The maximum Gasteiger partial charge on any atom is 0.416 e.